The zero-order valence-electron chi connectivity index (χ0n) is 38.5. The molecule has 2 amide bonds. The number of hydrogen-bond donors (Lipinski definition) is 6. The van der Waals surface area contributed by atoms with Gasteiger partial charge < -0.3 is 41.7 Å². The van der Waals surface area contributed by atoms with E-state index in [2.05, 4.69) is 82.6 Å². The summed E-state index contributed by atoms with van der Waals surface area (Å²) in [6, 6.07) is 42.0. The van der Waals surface area contributed by atoms with Crippen LogP contribution in [-0.2, 0) is 33.6 Å². The van der Waals surface area contributed by atoms with Gasteiger partial charge in [0.1, 0.15) is 0 Å². The third kappa shape index (κ3) is 7.36. The molecule has 352 valence electrons. The third-order valence-electron chi connectivity index (χ3n) is 16.2. The fourth-order valence-corrected chi connectivity index (χ4v) is 12.9. The minimum absolute atomic E-state index is 0.00662. The van der Waals surface area contributed by atoms with Gasteiger partial charge in [-0.2, -0.15) is 0 Å². The number of nitrogens with zero attached hydrogens (tertiary/aromatic N) is 4. The fraction of sp³-hybridized carbons (Fsp3) is 0.393. The smallest absolute Gasteiger partial charge is 0.264 e. The van der Waals surface area contributed by atoms with E-state index in [0.717, 1.165) is 76.1 Å². The van der Waals surface area contributed by atoms with E-state index < -0.39 is 23.4 Å². The van der Waals surface area contributed by atoms with Crippen LogP contribution in [0.15, 0.2) is 121 Å². The summed E-state index contributed by atoms with van der Waals surface area (Å²) in [5.41, 5.74) is 16.1. The summed E-state index contributed by atoms with van der Waals surface area (Å²) in [7, 11) is 0. The topological polar surface area (TPSA) is 180 Å². The van der Waals surface area contributed by atoms with E-state index in [1.165, 1.54) is 43.8 Å². The molecule has 6 aliphatic rings. The molecule has 0 spiro atoms. The molecule has 4 heterocycles. The number of aliphatic hydroxyl groups is 4. The number of rotatable bonds is 10. The van der Waals surface area contributed by atoms with Crippen molar-refractivity contribution in [2.75, 3.05) is 49.1 Å². The lowest BCUT2D eigenvalue weighted by atomic mass is 9.89. The van der Waals surface area contributed by atoms with Gasteiger partial charge in [0.2, 0.25) is 0 Å². The van der Waals surface area contributed by atoms with E-state index in [-0.39, 0.29) is 49.8 Å². The monoisotopic (exact) mass is 914 g/mol. The number of nitrogens with two attached hydrogens (primary N) is 2. The number of hydrogen-bond acceptors (Lipinski definition) is 10. The average molecular weight is 915 g/mol. The Kier molecular flexibility index (Phi) is 11.7. The molecule has 2 saturated heterocycles. The lowest BCUT2D eigenvalue weighted by molar-refractivity contribution is -0.140. The molecule has 12 rings (SSSR count). The number of piperidine rings is 2. The number of aliphatic hydroxyl groups excluding tert-OH is 2. The largest absolute Gasteiger partial charge is 0.392 e. The number of benzene rings is 6. The predicted octanol–water partition coefficient (Wildman–Crippen LogP) is 5.69. The van der Waals surface area contributed by atoms with Gasteiger partial charge in [-0.1, -0.05) is 109 Å². The first-order valence-corrected chi connectivity index (χ1v) is 24.6. The number of carbonyl (C=O) groups excluding carboxylic acids is 2. The van der Waals surface area contributed by atoms with Crippen molar-refractivity contribution < 1.29 is 30.0 Å². The predicted molar refractivity (Wildman–Crippen MR) is 265 cm³/mol. The van der Waals surface area contributed by atoms with Crippen LogP contribution in [0.3, 0.4) is 0 Å². The zero-order chi connectivity index (χ0) is 46.9. The minimum Gasteiger partial charge on any atom is -0.392 e. The van der Waals surface area contributed by atoms with Gasteiger partial charge in [0, 0.05) is 87.4 Å². The number of amides is 2. The molecule has 0 aromatic heterocycles. The summed E-state index contributed by atoms with van der Waals surface area (Å²) in [6.07, 6.45) is 3.41. The molecule has 6 aromatic rings. The molecule has 0 bridgehead atoms. The molecule has 0 radical (unpaired) electrons. The first-order valence-electron chi connectivity index (χ1n) is 24.6. The number of para-hydroxylation sites is 2. The Hall–Kier alpha value is -5.54. The molecule has 6 aromatic carbocycles. The summed E-state index contributed by atoms with van der Waals surface area (Å²) in [5, 5.41) is 48.6. The Balaban J connectivity index is 0.000000149. The van der Waals surface area contributed by atoms with Gasteiger partial charge in [-0.05, 0) is 94.5 Å². The number of carbonyl (C=O) groups is 2. The average Bonchev–Trinajstić information content (AvgIpc) is 4.07. The maximum Gasteiger partial charge on any atom is 0.264 e. The molecule has 68 heavy (non-hydrogen) atoms. The summed E-state index contributed by atoms with van der Waals surface area (Å²) in [5.74, 6) is -0.671. The Labute approximate surface area is 397 Å². The molecule has 8 N–H and O–H groups in total. The molecule has 12 heteroatoms. The van der Waals surface area contributed by atoms with E-state index in [1.807, 2.05) is 36.4 Å². The lowest BCUT2D eigenvalue weighted by Crippen LogP contribution is -2.51. The van der Waals surface area contributed by atoms with Crippen molar-refractivity contribution in [1.82, 2.24) is 9.80 Å². The molecule has 0 saturated carbocycles. The van der Waals surface area contributed by atoms with Crippen LogP contribution in [0.1, 0.15) is 84.0 Å². The fourth-order valence-electron chi connectivity index (χ4n) is 12.9. The highest BCUT2D eigenvalue weighted by atomic mass is 16.3. The maximum atomic E-state index is 13.6. The summed E-state index contributed by atoms with van der Waals surface area (Å²) in [6.45, 7) is 3.61. The molecular formula is C56H62N6O6. The first-order chi connectivity index (χ1) is 33.0. The molecule has 4 unspecified atom stereocenters. The molecule has 2 fully saturated rings. The molecule has 2 aliphatic carbocycles. The zero-order valence-corrected chi connectivity index (χ0v) is 38.5. The van der Waals surface area contributed by atoms with Crippen LogP contribution in [0.4, 0.5) is 11.4 Å². The van der Waals surface area contributed by atoms with Gasteiger partial charge in [-0.25, -0.2) is 0 Å². The van der Waals surface area contributed by atoms with Crippen LogP contribution in [-0.4, -0.2) is 106 Å². The standard InChI is InChI=1S/2C28H31N3O3/c2*29-17-21(32)16-28(34)23-9-1-2-10-24(23)31(27(28)33)20-11-13-30(14-12-20)25-15-19-7-3-5-18-6-4-8-22(25)26(18)19/h2*1-10,20-21,25,32,34H,11-17,29H2/t2*21-,25?,28?/m10/s1. The Morgan fingerprint density at radius 2 is 0.882 bits per heavy atom. The van der Waals surface area contributed by atoms with Gasteiger partial charge in [-0.15, -0.1) is 0 Å². The molecular weight excluding hydrogens is 853 g/mol. The first kappa shape index (κ1) is 44.9. The van der Waals surface area contributed by atoms with Crippen LogP contribution in [0.2, 0.25) is 0 Å². The SMILES string of the molecule is NC[C@@H](O)CC1(O)C(=O)N(C2CCN(C3Cc4cccc5cccc3c45)CC2)c2ccccc21.NC[C@H](O)CC1(O)C(=O)N(C2CCN(C3Cc4cccc5cccc3c45)CC2)c2ccccc21. The lowest BCUT2D eigenvalue weighted by Gasteiger charge is -2.40. The maximum absolute atomic E-state index is 13.6. The van der Waals surface area contributed by atoms with Gasteiger partial charge in [-0.3, -0.25) is 19.4 Å². The number of anilines is 2. The van der Waals surface area contributed by atoms with Gasteiger partial charge in [0.15, 0.2) is 11.2 Å². The van der Waals surface area contributed by atoms with Crippen LogP contribution < -0.4 is 21.3 Å². The van der Waals surface area contributed by atoms with Crippen molar-refractivity contribution in [3.63, 3.8) is 0 Å². The van der Waals surface area contributed by atoms with E-state index in [0.29, 0.717) is 23.2 Å². The second-order valence-electron chi connectivity index (χ2n) is 20.0. The number of fused-ring (bicyclic) bond motifs is 2. The van der Waals surface area contributed by atoms with Crippen molar-refractivity contribution in [1.29, 1.82) is 0 Å². The van der Waals surface area contributed by atoms with E-state index in [9.17, 15) is 30.0 Å². The summed E-state index contributed by atoms with van der Waals surface area (Å²) < 4.78 is 0. The number of likely N-dealkylation sites (tertiary alicyclic amines) is 2. The Morgan fingerprint density at radius 1 is 0.515 bits per heavy atom. The van der Waals surface area contributed by atoms with Crippen molar-refractivity contribution >= 4 is 44.7 Å². The minimum atomic E-state index is -1.73. The summed E-state index contributed by atoms with van der Waals surface area (Å²) in [4.78, 5) is 35.8. The van der Waals surface area contributed by atoms with Crippen molar-refractivity contribution in [3.8, 4) is 0 Å². The molecule has 6 atom stereocenters. The highest BCUT2D eigenvalue weighted by molar-refractivity contribution is 6.08. The summed E-state index contributed by atoms with van der Waals surface area (Å²) >= 11 is 0. The van der Waals surface area contributed by atoms with Gasteiger partial charge in [0.25, 0.3) is 11.8 Å². The molecule has 4 aliphatic heterocycles. The van der Waals surface area contributed by atoms with E-state index >= 15 is 0 Å². The highest BCUT2D eigenvalue weighted by Crippen LogP contribution is 2.49. The van der Waals surface area contributed by atoms with Crippen LogP contribution in [0.5, 0.6) is 0 Å². The van der Waals surface area contributed by atoms with Crippen LogP contribution in [0.25, 0.3) is 21.5 Å². The van der Waals surface area contributed by atoms with Crippen molar-refractivity contribution in [3.05, 3.63) is 155 Å². The second kappa shape index (κ2) is 17.8. The van der Waals surface area contributed by atoms with E-state index in [4.69, 9.17) is 11.5 Å². The quantitative estimate of drug-likeness (QED) is 0.100. The van der Waals surface area contributed by atoms with Gasteiger partial charge >= 0.3 is 0 Å². The third-order valence-corrected chi connectivity index (χ3v) is 16.2. The highest BCUT2D eigenvalue weighted by Gasteiger charge is 2.54. The van der Waals surface area contributed by atoms with Gasteiger partial charge in [0.05, 0.1) is 23.6 Å². The normalized spacial score (nSPS) is 25.8. The van der Waals surface area contributed by atoms with Crippen LogP contribution in [0, 0.1) is 0 Å². The second-order valence-corrected chi connectivity index (χ2v) is 20.0. The van der Waals surface area contributed by atoms with E-state index in [1.54, 1.807) is 21.9 Å². The Morgan fingerprint density at radius 3 is 1.26 bits per heavy atom. The molecule has 12 nitrogen and oxygen atoms in total. The van der Waals surface area contributed by atoms with Crippen LogP contribution >= 0.6 is 0 Å². The Bertz CT molecular complexity index is 2690. The van der Waals surface area contributed by atoms with Crippen molar-refractivity contribution in [2.45, 2.75) is 98.9 Å². The van der Waals surface area contributed by atoms with Crippen molar-refractivity contribution in [2.24, 2.45) is 11.5 Å².